The summed E-state index contributed by atoms with van der Waals surface area (Å²) in [5.74, 6) is 2.72. The molecule has 1 unspecified atom stereocenters. The van der Waals surface area contributed by atoms with Crippen LogP contribution in [0.5, 0.6) is 11.5 Å². The number of nitrogens with zero attached hydrogens (tertiary/aromatic N) is 3. The van der Waals surface area contributed by atoms with Crippen LogP contribution in [-0.4, -0.2) is 21.8 Å². The zero-order valence-electron chi connectivity index (χ0n) is 13.6. The molecule has 2 aliphatic heterocycles. The van der Waals surface area contributed by atoms with E-state index in [0.29, 0.717) is 11.6 Å². The summed E-state index contributed by atoms with van der Waals surface area (Å²) in [4.78, 5) is 23.1. The molecule has 6 nitrogen and oxygen atoms in total. The zero-order chi connectivity index (χ0) is 17.5. The fraction of sp³-hybridized carbons (Fsp3) is 0.105. The number of ether oxygens (including phenoxy) is 1. The van der Waals surface area contributed by atoms with Gasteiger partial charge < -0.3 is 10.1 Å². The van der Waals surface area contributed by atoms with Gasteiger partial charge >= 0.3 is 6.03 Å². The van der Waals surface area contributed by atoms with E-state index in [-0.39, 0.29) is 12.1 Å². The molecule has 4 heterocycles. The van der Waals surface area contributed by atoms with Crippen LogP contribution < -0.4 is 15.0 Å². The number of amides is 2. The predicted molar refractivity (Wildman–Crippen MR) is 99.1 cm³/mol. The van der Waals surface area contributed by atoms with E-state index in [9.17, 15) is 4.79 Å². The van der Waals surface area contributed by atoms with Crippen LogP contribution >= 0.6 is 11.8 Å². The Bertz CT molecular complexity index is 979. The lowest BCUT2D eigenvalue weighted by Crippen LogP contribution is -2.44. The largest absolute Gasteiger partial charge is 0.456 e. The molecular weight excluding hydrogens is 348 g/mol. The summed E-state index contributed by atoms with van der Waals surface area (Å²) in [6, 6.07) is 14.8. The Morgan fingerprint density at radius 2 is 1.96 bits per heavy atom. The van der Waals surface area contributed by atoms with Crippen molar-refractivity contribution in [3.8, 4) is 11.5 Å². The van der Waals surface area contributed by atoms with Crippen molar-refractivity contribution < 1.29 is 9.53 Å². The van der Waals surface area contributed by atoms with Crippen LogP contribution in [0.4, 0.5) is 16.3 Å². The molecule has 0 saturated heterocycles. The highest BCUT2D eigenvalue weighted by molar-refractivity contribution is 7.99. The first-order valence-electron chi connectivity index (χ1n) is 8.21. The Kier molecular flexibility index (Phi) is 3.53. The third-order valence-corrected chi connectivity index (χ3v) is 5.43. The highest BCUT2D eigenvalue weighted by atomic mass is 32.2. The number of urea groups is 1. The summed E-state index contributed by atoms with van der Waals surface area (Å²) in [5, 5.41) is 4.01. The van der Waals surface area contributed by atoms with Gasteiger partial charge in [-0.05, 0) is 30.3 Å². The van der Waals surface area contributed by atoms with Crippen molar-refractivity contribution in [1.82, 2.24) is 15.3 Å². The lowest BCUT2D eigenvalue weighted by molar-refractivity contribution is 0.244. The van der Waals surface area contributed by atoms with Gasteiger partial charge in [0.25, 0.3) is 0 Å². The van der Waals surface area contributed by atoms with Crippen LogP contribution in [0, 0.1) is 0 Å². The molecule has 1 aromatic carbocycles. The van der Waals surface area contributed by atoms with Gasteiger partial charge in [-0.15, -0.1) is 11.8 Å². The molecule has 5 rings (SSSR count). The molecule has 0 spiro atoms. The molecule has 0 aliphatic carbocycles. The smallest absolute Gasteiger partial charge is 0.328 e. The first kappa shape index (κ1) is 15.2. The molecule has 0 bridgehead atoms. The second-order valence-corrected chi connectivity index (χ2v) is 6.97. The highest BCUT2D eigenvalue weighted by Crippen LogP contribution is 2.46. The maximum atomic E-state index is 12.6. The summed E-state index contributed by atoms with van der Waals surface area (Å²) in [6.45, 7) is 0. The van der Waals surface area contributed by atoms with Crippen molar-refractivity contribution in [2.75, 3.05) is 10.7 Å². The minimum absolute atomic E-state index is 0.0168. The average molecular weight is 362 g/mol. The Labute approximate surface area is 154 Å². The molecule has 0 radical (unpaired) electrons. The van der Waals surface area contributed by atoms with E-state index < -0.39 is 0 Å². The number of hydrogen-bond acceptors (Lipinski definition) is 5. The van der Waals surface area contributed by atoms with Gasteiger partial charge in [-0.3, -0.25) is 0 Å². The van der Waals surface area contributed by atoms with Crippen molar-refractivity contribution in [2.45, 2.75) is 11.1 Å². The standard InChI is InChI=1S/C19H14N4O2S/c24-19-22-14-11-26-18-17(14)15(8-9-20-18)23(19)16-7-6-13(10-21-16)25-12-4-2-1-3-5-12/h1-10,14H,11H2,(H,22,24). The van der Waals surface area contributed by atoms with E-state index in [2.05, 4.69) is 15.3 Å². The van der Waals surface area contributed by atoms with Crippen molar-refractivity contribution in [2.24, 2.45) is 0 Å². The summed E-state index contributed by atoms with van der Waals surface area (Å²) in [7, 11) is 0. The number of carbonyl (C=O) groups excluding carboxylic acids is 1. The highest BCUT2D eigenvalue weighted by Gasteiger charge is 2.38. The van der Waals surface area contributed by atoms with Crippen LogP contribution in [-0.2, 0) is 0 Å². The quantitative estimate of drug-likeness (QED) is 0.753. The first-order valence-corrected chi connectivity index (χ1v) is 9.19. The van der Waals surface area contributed by atoms with Crippen LogP contribution in [0.1, 0.15) is 11.6 Å². The van der Waals surface area contributed by atoms with Gasteiger partial charge in [-0.1, -0.05) is 18.2 Å². The minimum Gasteiger partial charge on any atom is -0.456 e. The van der Waals surface area contributed by atoms with Gasteiger partial charge in [0, 0.05) is 17.5 Å². The summed E-state index contributed by atoms with van der Waals surface area (Å²) in [6.07, 6.45) is 3.36. The molecule has 3 aromatic rings. The first-order chi connectivity index (χ1) is 12.8. The number of benzene rings is 1. The van der Waals surface area contributed by atoms with E-state index in [0.717, 1.165) is 27.8 Å². The number of thioether (sulfide) groups is 1. The third-order valence-electron chi connectivity index (χ3n) is 4.34. The number of rotatable bonds is 3. The van der Waals surface area contributed by atoms with Crippen molar-refractivity contribution in [3.63, 3.8) is 0 Å². The lowest BCUT2D eigenvalue weighted by Gasteiger charge is -2.31. The molecule has 2 amide bonds. The Morgan fingerprint density at radius 3 is 2.77 bits per heavy atom. The van der Waals surface area contributed by atoms with E-state index in [4.69, 9.17) is 4.74 Å². The maximum Gasteiger partial charge on any atom is 0.328 e. The Hall–Kier alpha value is -3.06. The molecule has 0 saturated carbocycles. The zero-order valence-corrected chi connectivity index (χ0v) is 14.4. The number of para-hydroxylation sites is 1. The normalized spacial score (nSPS) is 17.6. The minimum atomic E-state index is -0.175. The summed E-state index contributed by atoms with van der Waals surface area (Å²) >= 11 is 1.66. The second kappa shape index (κ2) is 6.03. The number of pyridine rings is 2. The van der Waals surface area contributed by atoms with E-state index in [1.54, 1.807) is 35.1 Å². The molecule has 0 fully saturated rings. The van der Waals surface area contributed by atoms with E-state index in [1.165, 1.54) is 0 Å². The number of anilines is 2. The van der Waals surface area contributed by atoms with E-state index >= 15 is 0 Å². The SMILES string of the molecule is O=C1NC2CSc3nccc(c32)N1c1ccc(Oc2ccccc2)cn1. The molecule has 7 heteroatoms. The maximum absolute atomic E-state index is 12.6. The molecule has 2 aromatic heterocycles. The van der Waals surface area contributed by atoms with Crippen LogP contribution in [0.25, 0.3) is 0 Å². The predicted octanol–water partition coefficient (Wildman–Crippen LogP) is 4.28. The molecule has 1 N–H and O–H groups in total. The monoisotopic (exact) mass is 362 g/mol. The molecule has 2 aliphatic rings. The number of nitrogens with one attached hydrogen (secondary N) is 1. The second-order valence-electron chi connectivity index (χ2n) is 5.96. The topological polar surface area (TPSA) is 67.4 Å². The number of carbonyl (C=O) groups is 1. The van der Waals surface area contributed by atoms with Gasteiger partial charge in [0.1, 0.15) is 22.3 Å². The van der Waals surface area contributed by atoms with E-state index in [1.807, 2.05) is 42.5 Å². The number of aromatic nitrogens is 2. The number of hydrogen-bond donors (Lipinski definition) is 1. The summed E-state index contributed by atoms with van der Waals surface area (Å²) < 4.78 is 5.77. The van der Waals surface area contributed by atoms with Gasteiger partial charge in [-0.25, -0.2) is 19.7 Å². The molecule has 128 valence electrons. The van der Waals surface area contributed by atoms with Crippen molar-refractivity contribution in [3.05, 3.63) is 66.5 Å². The molecule has 1 atom stereocenters. The van der Waals surface area contributed by atoms with Crippen molar-refractivity contribution in [1.29, 1.82) is 0 Å². The lowest BCUT2D eigenvalue weighted by atomic mass is 10.1. The summed E-state index contributed by atoms with van der Waals surface area (Å²) in [5.41, 5.74) is 1.92. The Balaban J connectivity index is 1.48. The molecular formula is C19H14N4O2S. The van der Waals surface area contributed by atoms with Crippen LogP contribution in [0.2, 0.25) is 0 Å². The fourth-order valence-corrected chi connectivity index (χ4v) is 4.29. The van der Waals surface area contributed by atoms with Gasteiger partial charge in [0.15, 0.2) is 0 Å². The molecule has 26 heavy (non-hydrogen) atoms. The third kappa shape index (κ3) is 2.48. The van der Waals surface area contributed by atoms with Gasteiger partial charge in [-0.2, -0.15) is 0 Å². The van der Waals surface area contributed by atoms with Gasteiger partial charge in [0.2, 0.25) is 0 Å². The fourth-order valence-electron chi connectivity index (χ4n) is 3.18. The van der Waals surface area contributed by atoms with Gasteiger partial charge in [0.05, 0.1) is 17.9 Å². The Morgan fingerprint density at radius 1 is 1.08 bits per heavy atom. The van der Waals surface area contributed by atoms with Crippen LogP contribution in [0.15, 0.2) is 66.0 Å². The van der Waals surface area contributed by atoms with Crippen molar-refractivity contribution >= 4 is 29.3 Å². The van der Waals surface area contributed by atoms with Crippen LogP contribution in [0.3, 0.4) is 0 Å². The average Bonchev–Trinajstić information content (AvgIpc) is 3.08.